The molecule has 0 radical (unpaired) electrons. The number of hydrogen-bond donors (Lipinski definition) is 1. The number of methoxy groups -OCH3 is 1. The van der Waals surface area contributed by atoms with Crippen molar-refractivity contribution in [2.75, 3.05) is 7.11 Å². The first-order valence-corrected chi connectivity index (χ1v) is 6.02. The van der Waals surface area contributed by atoms with Gasteiger partial charge in [-0.15, -0.1) is 0 Å². The van der Waals surface area contributed by atoms with Crippen molar-refractivity contribution in [3.63, 3.8) is 0 Å². The normalized spacial score (nSPS) is 12.4. The smallest absolute Gasteiger partial charge is 0.119 e. The molecule has 1 heterocycles. The highest BCUT2D eigenvalue weighted by atomic mass is 16.5. The SMILES string of the molecule is COc1cccc(-c2cnn(C)c2CC(C)N)c1. The lowest BCUT2D eigenvalue weighted by molar-refractivity contribution is 0.415. The molecule has 0 saturated carbocycles. The van der Waals surface area contributed by atoms with Gasteiger partial charge in [0.25, 0.3) is 0 Å². The molecule has 0 saturated heterocycles. The molecule has 4 nitrogen and oxygen atoms in total. The second-order valence-electron chi connectivity index (χ2n) is 4.54. The Morgan fingerprint density at radius 1 is 1.44 bits per heavy atom. The molecule has 1 atom stereocenters. The highest BCUT2D eigenvalue weighted by molar-refractivity contribution is 5.67. The fourth-order valence-electron chi connectivity index (χ4n) is 2.04. The zero-order chi connectivity index (χ0) is 13.1. The van der Waals surface area contributed by atoms with Crippen LogP contribution in [0.15, 0.2) is 30.5 Å². The molecular formula is C14H19N3O. The second-order valence-corrected chi connectivity index (χ2v) is 4.54. The molecule has 1 aromatic heterocycles. The van der Waals surface area contributed by atoms with Gasteiger partial charge in [-0.1, -0.05) is 12.1 Å². The van der Waals surface area contributed by atoms with Gasteiger partial charge in [-0.2, -0.15) is 5.10 Å². The van der Waals surface area contributed by atoms with Gasteiger partial charge in [-0.3, -0.25) is 4.68 Å². The maximum atomic E-state index is 5.89. The summed E-state index contributed by atoms with van der Waals surface area (Å²) in [7, 11) is 3.62. The lowest BCUT2D eigenvalue weighted by Gasteiger charge is -2.09. The number of nitrogens with zero attached hydrogens (tertiary/aromatic N) is 2. The number of benzene rings is 1. The van der Waals surface area contributed by atoms with E-state index in [4.69, 9.17) is 10.5 Å². The molecule has 0 spiro atoms. The van der Waals surface area contributed by atoms with Gasteiger partial charge in [0, 0.05) is 30.8 Å². The summed E-state index contributed by atoms with van der Waals surface area (Å²) in [6.45, 7) is 2.00. The molecule has 2 aromatic rings. The molecule has 0 amide bonds. The quantitative estimate of drug-likeness (QED) is 0.896. The molecule has 0 fully saturated rings. The summed E-state index contributed by atoms with van der Waals surface area (Å²) in [5.74, 6) is 0.850. The van der Waals surface area contributed by atoms with E-state index in [-0.39, 0.29) is 6.04 Å². The van der Waals surface area contributed by atoms with E-state index in [9.17, 15) is 0 Å². The van der Waals surface area contributed by atoms with Crippen molar-refractivity contribution >= 4 is 0 Å². The molecule has 18 heavy (non-hydrogen) atoms. The summed E-state index contributed by atoms with van der Waals surface area (Å²) in [5.41, 5.74) is 9.27. The average Bonchev–Trinajstić information content (AvgIpc) is 2.71. The van der Waals surface area contributed by atoms with E-state index in [1.807, 2.05) is 43.0 Å². The lowest BCUT2D eigenvalue weighted by Crippen LogP contribution is -2.20. The van der Waals surface area contributed by atoms with E-state index in [0.29, 0.717) is 0 Å². The molecule has 2 rings (SSSR count). The zero-order valence-corrected chi connectivity index (χ0v) is 11.1. The van der Waals surface area contributed by atoms with E-state index < -0.39 is 0 Å². The van der Waals surface area contributed by atoms with Crippen LogP contribution < -0.4 is 10.5 Å². The molecule has 0 aliphatic heterocycles. The van der Waals surface area contributed by atoms with Crippen molar-refractivity contribution in [1.82, 2.24) is 9.78 Å². The molecule has 0 aliphatic carbocycles. The predicted molar refractivity (Wildman–Crippen MR) is 72.5 cm³/mol. The Kier molecular flexibility index (Phi) is 3.67. The van der Waals surface area contributed by atoms with Gasteiger partial charge in [-0.05, 0) is 24.6 Å². The highest BCUT2D eigenvalue weighted by Gasteiger charge is 2.12. The van der Waals surface area contributed by atoms with Crippen LogP contribution >= 0.6 is 0 Å². The summed E-state index contributed by atoms with van der Waals surface area (Å²) >= 11 is 0. The Labute approximate surface area is 107 Å². The maximum absolute atomic E-state index is 5.89. The van der Waals surface area contributed by atoms with Crippen LogP contribution in [-0.2, 0) is 13.5 Å². The second kappa shape index (κ2) is 5.23. The fraction of sp³-hybridized carbons (Fsp3) is 0.357. The minimum absolute atomic E-state index is 0.116. The summed E-state index contributed by atoms with van der Waals surface area (Å²) in [4.78, 5) is 0. The van der Waals surface area contributed by atoms with Crippen molar-refractivity contribution in [3.8, 4) is 16.9 Å². The highest BCUT2D eigenvalue weighted by Crippen LogP contribution is 2.27. The van der Waals surface area contributed by atoms with Crippen LogP contribution in [0.2, 0.25) is 0 Å². The van der Waals surface area contributed by atoms with Gasteiger partial charge in [0.2, 0.25) is 0 Å². The Bertz CT molecular complexity index is 532. The van der Waals surface area contributed by atoms with Crippen LogP contribution in [-0.4, -0.2) is 22.9 Å². The average molecular weight is 245 g/mol. The third-order valence-corrected chi connectivity index (χ3v) is 2.96. The summed E-state index contributed by atoms with van der Waals surface area (Å²) in [6.07, 6.45) is 2.69. The fourth-order valence-corrected chi connectivity index (χ4v) is 2.04. The number of ether oxygens (including phenoxy) is 1. The number of aromatic nitrogens is 2. The molecule has 1 unspecified atom stereocenters. The van der Waals surface area contributed by atoms with Crippen molar-refractivity contribution in [3.05, 3.63) is 36.2 Å². The third-order valence-electron chi connectivity index (χ3n) is 2.96. The lowest BCUT2D eigenvalue weighted by atomic mass is 10.0. The van der Waals surface area contributed by atoms with Crippen LogP contribution in [0.1, 0.15) is 12.6 Å². The zero-order valence-electron chi connectivity index (χ0n) is 11.1. The number of hydrogen-bond acceptors (Lipinski definition) is 3. The Balaban J connectivity index is 2.43. The number of rotatable bonds is 4. The van der Waals surface area contributed by atoms with Crippen LogP contribution in [0.3, 0.4) is 0 Å². The van der Waals surface area contributed by atoms with Gasteiger partial charge >= 0.3 is 0 Å². The van der Waals surface area contributed by atoms with Crippen LogP contribution in [0.5, 0.6) is 5.75 Å². The van der Waals surface area contributed by atoms with Gasteiger partial charge in [-0.25, -0.2) is 0 Å². The first kappa shape index (κ1) is 12.6. The van der Waals surface area contributed by atoms with Crippen LogP contribution in [0.4, 0.5) is 0 Å². The van der Waals surface area contributed by atoms with Crippen LogP contribution in [0.25, 0.3) is 11.1 Å². The van der Waals surface area contributed by atoms with Gasteiger partial charge in [0.15, 0.2) is 0 Å². The van der Waals surface area contributed by atoms with E-state index in [1.54, 1.807) is 7.11 Å². The molecule has 1 aromatic carbocycles. The summed E-state index contributed by atoms with van der Waals surface area (Å²) in [6, 6.07) is 8.11. The predicted octanol–water partition coefficient (Wildman–Crippen LogP) is 1.99. The minimum atomic E-state index is 0.116. The Morgan fingerprint density at radius 2 is 2.22 bits per heavy atom. The van der Waals surface area contributed by atoms with Crippen LogP contribution in [0, 0.1) is 0 Å². The standard InChI is InChI=1S/C14H19N3O/c1-10(15)7-14-13(9-16-17(14)2)11-5-4-6-12(8-11)18-3/h4-6,8-10H,7,15H2,1-3H3. The maximum Gasteiger partial charge on any atom is 0.119 e. The molecule has 96 valence electrons. The van der Waals surface area contributed by atoms with Gasteiger partial charge < -0.3 is 10.5 Å². The topological polar surface area (TPSA) is 53.1 Å². The first-order valence-electron chi connectivity index (χ1n) is 6.02. The summed E-state index contributed by atoms with van der Waals surface area (Å²) in [5, 5.41) is 4.32. The van der Waals surface area contributed by atoms with Crippen molar-refractivity contribution in [2.45, 2.75) is 19.4 Å². The monoisotopic (exact) mass is 245 g/mol. The molecule has 0 aliphatic rings. The van der Waals surface area contributed by atoms with Crippen molar-refractivity contribution < 1.29 is 4.74 Å². The van der Waals surface area contributed by atoms with E-state index in [1.165, 1.54) is 0 Å². The largest absolute Gasteiger partial charge is 0.497 e. The molecule has 4 heteroatoms. The molecular weight excluding hydrogens is 226 g/mol. The van der Waals surface area contributed by atoms with Gasteiger partial charge in [0.1, 0.15) is 5.75 Å². The van der Waals surface area contributed by atoms with E-state index >= 15 is 0 Å². The van der Waals surface area contributed by atoms with E-state index in [2.05, 4.69) is 11.2 Å². The van der Waals surface area contributed by atoms with Gasteiger partial charge in [0.05, 0.1) is 13.3 Å². The number of nitrogens with two attached hydrogens (primary N) is 1. The minimum Gasteiger partial charge on any atom is -0.497 e. The number of aryl methyl sites for hydroxylation is 1. The van der Waals surface area contributed by atoms with Crippen molar-refractivity contribution in [1.29, 1.82) is 0 Å². The summed E-state index contributed by atoms with van der Waals surface area (Å²) < 4.78 is 7.14. The van der Waals surface area contributed by atoms with E-state index in [0.717, 1.165) is 29.0 Å². The van der Waals surface area contributed by atoms with Crippen molar-refractivity contribution in [2.24, 2.45) is 12.8 Å². The Hall–Kier alpha value is -1.81. The first-order chi connectivity index (χ1) is 8.61. The third kappa shape index (κ3) is 2.54. The molecule has 2 N–H and O–H groups in total. The Morgan fingerprint density at radius 3 is 2.89 bits per heavy atom. The molecule has 0 bridgehead atoms.